The first-order valence-electron chi connectivity index (χ1n) is 9.20. The van der Waals surface area contributed by atoms with Crippen molar-refractivity contribution in [3.05, 3.63) is 70.9 Å². The maximum Gasteiger partial charge on any atom is 0.230 e. The van der Waals surface area contributed by atoms with Gasteiger partial charge >= 0.3 is 0 Å². The van der Waals surface area contributed by atoms with Crippen LogP contribution in [0.3, 0.4) is 0 Å². The number of aryl methyl sites for hydroxylation is 1. The van der Waals surface area contributed by atoms with Crippen molar-refractivity contribution in [2.75, 3.05) is 16.8 Å². The van der Waals surface area contributed by atoms with Crippen molar-refractivity contribution in [2.24, 2.45) is 5.92 Å². The van der Waals surface area contributed by atoms with Gasteiger partial charge in [0, 0.05) is 30.1 Å². The maximum absolute atomic E-state index is 14.1. The minimum Gasteiger partial charge on any atom is -0.310 e. The molecule has 1 saturated heterocycles. The Morgan fingerprint density at radius 2 is 2.00 bits per heavy atom. The van der Waals surface area contributed by atoms with Crippen molar-refractivity contribution >= 4 is 34.9 Å². The molecule has 1 unspecified atom stereocenters. The van der Waals surface area contributed by atoms with E-state index < -0.39 is 29.4 Å². The van der Waals surface area contributed by atoms with Gasteiger partial charge in [0.15, 0.2) is 0 Å². The molecule has 1 atom stereocenters. The van der Waals surface area contributed by atoms with E-state index in [-0.39, 0.29) is 18.7 Å². The highest BCUT2D eigenvalue weighted by Gasteiger charge is 2.36. The third-order valence-corrected chi connectivity index (χ3v) is 5.07. The number of hydrogen-bond acceptors (Lipinski definition) is 3. The Hall–Kier alpha value is -3.26. The van der Waals surface area contributed by atoms with Crippen molar-refractivity contribution in [1.82, 2.24) is 9.78 Å². The molecule has 1 N–H and O–H groups in total. The van der Waals surface area contributed by atoms with Gasteiger partial charge in [-0.05, 0) is 37.3 Å². The summed E-state index contributed by atoms with van der Waals surface area (Å²) in [7, 11) is 0. The molecule has 1 aromatic heterocycles. The summed E-state index contributed by atoms with van der Waals surface area (Å²) in [5.41, 5.74) is 1.31. The van der Waals surface area contributed by atoms with Gasteiger partial charge in [-0.15, -0.1) is 0 Å². The lowest BCUT2D eigenvalue weighted by Crippen LogP contribution is -2.29. The lowest BCUT2D eigenvalue weighted by molar-refractivity contribution is -0.122. The molecule has 0 radical (unpaired) electrons. The van der Waals surface area contributed by atoms with Gasteiger partial charge in [0.1, 0.15) is 17.5 Å². The molecule has 30 heavy (non-hydrogen) atoms. The van der Waals surface area contributed by atoms with Gasteiger partial charge in [-0.25, -0.2) is 13.5 Å². The Morgan fingerprint density at radius 3 is 2.73 bits per heavy atom. The van der Waals surface area contributed by atoms with Crippen molar-refractivity contribution in [3.8, 4) is 5.69 Å². The van der Waals surface area contributed by atoms with Crippen LogP contribution in [0.2, 0.25) is 5.02 Å². The molecule has 6 nitrogen and oxygen atoms in total. The number of nitrogens with one attached hydrogen (secondary N) is 1. The number of rotatable bonds is 4. The Morgan fingerprint density at radius 1 is 1.20 bits per heavy atom. The Kier molecular flexibility index (Phi) is 5.26. The zero-order valence-electron chi connectivity index (χ0n) is 15.9. The van der Waals surface area contributed by atoms with Gasteiger partial charge in [-0.2, -0.15) is 5.10 Å². The number of benzene rings is 2. The topological polar surface area (TPSA) is 67.2 Å². The zero-order chi connectivity index (χ0) is 21.4. The van der Waals surface area contributed by atoms with Gasteiger partial charge in [-0.1, -0.05) is 17.7 Å². The highest BCUT2D eigenvalue weighted by molar-refractivity contribution is 6.30. The minimum absolute atomic E-state index is 0.00248. The fraction of sp³-hybridized carbons (Fsp3) is 0.190. The van der Waals surface area contributed by atoms with Gasteiger partial charge < -0.3 is 10.2 Å². The molecule has 4 rings (SSSR count). The number of aromatic nitrogens is 2. The molecular weight excluding hydrogens is 414 g/mol. The average molecular weight is 431 g/mol. The van der Waals surface area contributed by atoms with Crippen LogP contribution in [-0.2, 0) is 9.59 Å². The fourth-order valence-electron chi connectivity index (χ4n) is 3.44. The SMILES string of the molecule is Cc1cc(NC(=O)C2CC(=O)N(c3ccc(F)cc3F)C2)n(-c2cccc(Cl)c2)n1. The summed E-state index contributed by atoms with van der Waals surface area (Å²) < 4.78 is 28.8. The molecule has 0 bridgehead atoms. The number of amides is 2. The van der Waals surface area contributed by atoms with Crippen molar-refractivity contribution in [1.29, 1.82) is 0 Å². The minimum atomic E-state index is -0.848. The van der Waals surface area contributed by atoms with Crippen LogP contribution >= 0.6 is 11.6 Å². The van der Waals surface area contributed by atoms with Crippen LogP contribution in [0, 0.1) is 24.5 Å². The summed E-state index contributed by atoms with van der Waals surface area (Å²) in [5.74, 6) is -2.64. The van der Waals surface area contributed by atoms with Crippen molar-refractivity contribution in [2.45, 2.75) is 13.3 Å². The van der Waals surface area contributed by atoms with E-state index in [1.54, 1.807) is 41.9 Å². The van der Waals surface area contributed by atoms with Crippen LogP contribution in [0.4, 0.5) is 20.3 Å². The predicted molar refractivity (Wildman–Crippen MR) is 109 cm³/mol. The Labute approximate surface area is 176 Å². The monoisotopic (exact) mass is 430 g/mol. The first-order valence-corrected chi connectivity index (χ1v) is 9.58. The predicted octanol–water partition coefficient (Wildman–Crippen LogP) is 4.10. The summed E-state index contributed by atoms with van der Waals surface area (Å²) in [4.78, 5) is 26.4. The molecule has 0 aliphatic carbocycles. The van der Waals surface area contributed by atoms with Crippen LogP contribution in [0.1, 0.15) is 12.1 Å². The average Bonchev–Trinajstić information content (AvgIpc) is 3.24. The van der Waals surface area contributed by atoms with E-state index in [9.17, 15) is 18.4 Å². The molecule has 0 spiro atoms. The number of carbonyl (C=O) groups excluding carboxylic acids is 2. The summed E-state index contributed by atoms with van der Waals surface area (Å²) in [5, 5.41) is 7.70. The number of anilines is 2. The second kappa shape index (κ2) is 7.87. The van der Waals surface area contributed by atoms with Crippen LogP contribution in [0.15, 0.2) is 48.5 Å². The van der Waals surface area contributed by atoms with Gasteiger partial charge in [0.2, 0.25) is 11.8 Å². The number of hydrogen-bond donors (Lipinski definition) is 1. The van der Waals surface area contributed by atoms with E-state index in [1.807, 2.05) is 0 Å². The second-order valence-electron chi connectivity index (χ2n) is 7.05. The van der Waals surface area contributed by atoms with Gasteiger partial charge in [-0.3, -0.25) is 9.59 Å². The van der Waals surface area contributed by atoms with E-state index in [2.05, 4.69) is 10.4 Å². The normalized spacial score (nSPS) is 16.2. The van der Waals surface area contributed by atoms with E-state index in [4.69, 9.17) is 11.6 Å². The first kappa shape index (κ1) is 20.0. The number of halogens is 3. The molecule has 1 fully saturated rings. The highest BCUT2D eigenvalue weighted by atomic mass is 35.5. The molecule has 9 heteroatoms. The molecule has 1 aliphatic rings. The standard InChI is InChI=1S/C21H17ClF2N4O2/c1-12-7-19(28(26-12)16-4-2-3-14(22)9-16)25-21(30)13-8-20(29)27(11-13)18-6-5-15(23)10-17(18)24/h2-7,9-10,13H,8,11H2,1H3,(H,25,30). The summed E-state index contributed by atoms with van der Waals surface area (Å²) >= 11 is 6.05. The zero-order valence-corrected chi connectivity index (χ0v) is 16.7. The van der Waals surface area contributed by atoms with Gasteiger partial charge in [0.05, 0.1) is 23.0 Å². The Balaban J connectivity index is 1.54. The van der Waals surface area contributed by atoms with Crippen molar-refractivity contribution in [3.63, 3.8) is 0 Å². The van der Waals surface area contributed by atoms with Crippen LogP contribution in [0.5, 0.6) is 0 Å². The second-order valence-corrected chi connectivity index (χ2v) is 7.49. The summed E-state index contributed by atoms with van der Waals surface area (Å²) in [6.45, 7) is 1.78. The fourth-order valence-corrected chi connectivity index (χ4v) is 3.62. The summed E-state index contributed by atoms with van der Waals surface area (Å²) in [6, 6.07) is 11.7. The molecule has 1 aliphatic heterocycles. The summed E-state index contributed by atoms with van der Waals surface area (Å²) in [6.07, 6.45) is -0.0765. The molecule has 3 aromatic rings. The number of nitrogens with zero attached hydrogens (tertiary/aromatic N) is 3. The lowest BCUT2D eigenvalue weighted by atomic mass is 10.1. The van der Waals surface area contributed by atoms with Gasteiger partial charge in [0.25, 0.3) is 0 Å². The van der Waals surface area contributed by atoms with E-state index in [0.717, 1.165) is 6.07 Å². The van der Waals surface area contributed by atoms with E-state index in [0.29, 0.717) is 28.3 Å². The van der Waals surface area contributed by atoms with Crippen LogP contribution < -0.4 is 10.2 Å². The van der Waals surface area contributed by atoms with E-state index >= 15 is 0 Å². The molecule has 2 aromatic carbocycles. The quantitative estimate of drug-likeness (QED) is 0.677. The molecule has 2 amide bonds. The van der Waals surface area contributed by atoms with Crippen LogP contribution in [-0.4, -0.2) is 28.1 Å². The smallest absolute Gasteiger partial charge is 0.230 e. The molecule has 154 valence electrons. The lowest BCUT2D eigenvalue weighted by Gasteiger charge is -2.17. The molecular formula is C21H17ClF2N4O2. The molecule has 2 heterocycles. The van der Waals surface area contributed by atoms with Crippen molar-refractivity contribution < 1.29 is 18.4 Å². The maximum atomic E-state index is 14.1. The number of carbonyl (C=O) groups is 2. The highest BCUT2D eigenvalue weighted by Crippen LogP contribution is 2.29. The van der Waals surface area contributed by atoms with E-state index in [1.165, 1.54) is 11.0 Å². The molecule has 0 saturated carbocycles. The largest absolute Gasteiger partial charge is 0.310 e. The Bertz CT molecular complexity index is 1150. The van der Waals surface area contributed by atoms with Crippen LogP contribution in [0.25, 0.3) is 5.69 Å². The first-order chi connectivity index (χ1) is 14.3. The third-order valence-electron chi connectivity index (χ3n) is 4.83. The third kappa shape index (κ3) is 3.91.